The lowest BCUT2D eigenvalue weighted by atomic mass is 9.86. The molecule has 3 heteroatoms. The highest BCUT2D eigenvalue weighted by molar-refractivity contribution is 5.78. The lowest BCUT2D eigenvalue weighted by molar-refractivity contribution is -0.132. The molecule has 0 radical (unpaired) electrons. The minimum absolute atomic E-state index is 0.144. The second-order valence-electron chi connectivity index (χ2n) is 6.74. The topological polar surface area (TPSA) is 40.5 Å². The van der Waals surface area contributed by atoms with Gasteiger partial charge in [0.2, 0.25) is 5.91 Å². The highest BCUT2D eigenvalue weighted by atomic mass is 16.3. The van der Waals surface area contributed by atoms with Crippen LogP contribution in [0.1, 0.15) is 44.7 Å². The SMILES string of the molecule is CC(C)(C)c1ccc(CC(=O)N2CCC(O)CC2)cc1. The van der Waals surface area contributed by atoms with Gasteiger partial charge in [-0.05, 0) is 29.4 Å². The molecule has 20 heavy (non-hydrogen) atoms. The third-order valence-electron chi connectivity index (χ3n) is 3.99. The van der Waals surface area contributed by atoms with Crippen molar-refractivity contribution in [2.24, 2.45) is 0 Å². The fraction of sp³-hybridized carbons (Fsp3) is 0.588. The highest BCUT2D eigenvalue weighted by Gasteiger charge is 2.21. The van der Waals surface area contributed by atoms with Gasteiger partial charge in [-0.2, -0.15) is 0 Å². The van der Waals surface area contributed by atoms with Crippen molar-refractivity contribution in [3.63, 3.8) is 0 Å². The number of benzene rings is 1. The van der Waals surface area contributed by atoms with E-state index < -0.39 is 0 Å². The van der Waals surface area contributed by atoms with Crippen molar-refractivity contribution in [1.29, 1.82) is 0 Å². The summed E-state index contributed by atoms with van der Waals surface area (Å²) in [4.78, 5) is 14.1. The molecule has 2 rings (SSSR count). The molecule has 0 bridgehead atoms. The summed E-state index contributed by atoms with van der Waals surface area (Å²) in [5.41, 5.74) is 2.50. The van der Waals surface area contributed by atoms with Gasteiger partial charge in [-0.1, -0.05) is 45.0 Å². The molecule has 0 aromatic heterocycles. The third kappa shape index (κ3) is 3.83. The Morgan fingerprint density at radius 1 is 1.20 bits per heavy atom. The number of nitrogens with zero attached hydrogens (tertiary/aromatic N) is 1. The number of likely N-dealkylation sites (tertiary alicyclic amines) is 1. The van der Waals surface area contributed by atoms with Gasteiger partial charge < -0.3 is 10.0 Å². The quantitative estimate of drug-likeness (QED) is 0.901. The van der Waals surface area contributed by atoms with Crippen LogP contribution in [0.2, 0.25) is 0 Å². The lowest BCUT2D eigenvalue weighted by Crippen LogP contribution is -2.40. The first-order chi connectivity index (χ1) is 9.36. The smallest absolute Gasteiger partial charge is 0.226 e. The second kappa shape index (κ2) is 5.96. The predicted octanol–water partition coefficient (Wildman–Crippen LogP) is 2.51. The Morgan fingerprint density at radius 2 is 1.75 bits per heavy atom. The average Bonchev–Trinajstić information content (AvgIpc) is 2.39. The van der Waals surface area contributed by atoms with Crippen LogP contribution in [0.4, 0.5) is 0 Å². The Hall–Kier alpha value is -1.35. The van der Waals surface area contributed by atoms with Crippen molar-refractivity contribution in [1.82, 2.24) is 4.90 Å². The maximum absolute atomic E-state index is 12.2. The number of aliphatic hydroxyl groups excluding tert-OH is 1. The summed E-state index contributed by atoms with van der Waals surface area (Å²) in [6.07, 6.45) is 1.63. The molecule has 110 valence electrons. The normalized spacial score (nSPS) is 17.3. The first kappa shape index (κ1) is 15.0. The Morgan fingerprint density at radius 3 is 2.25 bits per heavy atom. The van der Waals surface area contributed by atoms with E-state index in [0.717, 1.165) is 5.56 Å². The number of hydrogen-bond donors (Lipinski definition) is 1. The predicted molar refractivity (Wildman–Crippen MR) is 80.7 cm³/mol. The van der Waals surface area contributed by atoms with Crippen LogP contribution in [-0.2, 0) is 16.6 Å². The summed E-state index contributed by atoms with van der Waals surface area (Å²) in [6.45, 7) is 7.92. The van der Waals surface area contributed by atoms with E-state index in [1.165, 1.54) is 5.56 Å². The van der Waals surface area contributed by atoms with Gasteiger partial charge in [0, 0.05) is 13.1 Å². The van der Waals surface area contributed by atoms with Crippen LogP contribution in [0.3, 0.4) is 0 Å². The molecule has 1 aromatic rings. The third-order valence-corrected chi connectivity index (χ3v) is 3.99. The second-order valence-corrected chi connectivity index (χ2v) is 6.74. The molecule has 1 saturated heterocycles. The molecular formula is C17H25NO2. The zero-order valence-electron chi connectivity index (χ0n) is 12.7. The van der Waals surface area contributed by atoms with Crippen molar-refractivity contribution in [2.45, 2.75) is 51.6 Å². The minimum Gasteiger partial charge on any atom is -0.393 e. The molecule has 3 nitrogen and oxygen atoms in total. The molecule has 1 amide bonds. The number of aliphatic hydroxyl groups is 1. The van der Waals surface area contributed by atoms with Crippen LogP contribution in [-0.4, -0.2) is 35.1 Å². The van der Waals surface area contributed by atoms with E-state index in [1.54, 1.807) is 0 Å². The van der Waals surface area contributed by atoms with Gasteiger partial charge >= 0.3 is 0 Å². The first-order valence-electron chi connectivity index (χ1n) is 7.41. The monoisotopic (exact) mass is 275 g/mol. The average molecular weight is 275 g/mol. The molecule has 0 saturated carbocycles. The number of carbonyl (C=O) groups is 1. The molecular weight excluding hydrogens is 250 g/mol. The van der Waals surface area contributed by atoms with E-state index in [4.69, 9.17) is 0 Å². The van der Waals surface area contributed by atoms with Gasteiger partial charge in [0.1, 0.15) is 0 Å². The zero-order chi connectivity index (χ0) is 14.8. The number of rotatable bonds is 2. The summed E-state index contributed by atoms with van der Waals surface area (Å²) in [5.74, 6) is 0.167. The lowest BCUT2D eigenvalue weighted by Gasteiger charge is -2.29. The van der Waals surface area contributed by atoms with Crippen LogP contribution in [0.5, 0.6) is 0 Å². The molecule has 1 aromatic carbocycles. The maximum Gasteiger partial charge on any atom is 0.226 e. The van der Waals surface area contributed by atoms with Gasteiger partial charge in [-0.3, -0.25) is 4.79 Å². The molecule has 1 heterocycles. The number of piperidine rings is 1. The van der Waals surface area contributed by atoms with Crippen LogP contribution in [0, 0.1) is 0 Å². The number of carbonyl (C=O) groups excluding carboxylic acids is 1. The van der Waals surface area contributed by atoms with E-state index >= 15 is 0 Å². The van der Waals surface area contributed by atoms with Crippen LogP contribution >= 0.6 is 0 Å². The van der Waals surface area contributed by atoms with E-state index in [-0.39, 0.29) is 17.4 Å². The summed E-state index contributed by atoms with van der Waals surface area (Å²) in [6, 6.07) is 8.33. The zero-order valence-corrected chi connectivity index (χ0v) is 12.7. The van der Waals surface area contributed by atoms with Gasteiger partial charge in [-0.15, -0.1) is 0 Å². The molecule has 0 aliphatic carbocycles. The fourth-order valence-corrected chi connectivity index (χ4v) is 2.52. The van der Waals surface area contributed by atoms with Crippen LogP contribution in [0.25, 0.3) is 0 Å². The van der Waals surface area contributed by atoms with Crippen molar-refractivity contribution in [3.05, 3.63) is 35.4 Å². The fourth-order valence-electron chi connectivity index (χ4n) is 2.52. The Bertz CT molecular complexity index is 451. The van der Waals surface area contributed by atoms with E-state index in [2.05, 4.69) is 45.0 Å². The molecule has 1 aliphatic heterocycles. The number of amides is 1. The molecule has 1 fully saturated rings. The molecule has 0 unspecified atom stereocenters. The largest absolute Gasteiger partial charge is 0.393 e. The molecule has 1 N–H and O–H groups in total. The standard InChI is InChI=1S/C17H25NO2/c1-17(2,3)14-6-4-13(5-7-14)12-16(20)18-10-8-15(19)9-11-18/h4-7,15,19H,8-12H2,1-3H3. The summed E-state index contributed by atoms with van der Waals surface area (Å²) < 4.78 is 0. The summed E-state index contributed by atoms with van der Waals surface area (Å²) in [5, 5.41) is 9.47. The molecule has 0 atom stereocenters. The number of hydrogen-bond acceptors (Lipinski definition) is 2. The summed E-state index contributed by atoms with van der Waals surface area (Å²) >= 11 is 0. The van der Waals surface area contributed by atoms with Crippen molar-refractivity contribution >= 4 is 5.91 Å². The van der Waals surface area contributed by atoms with E-state index in [0.29, 0.717) is 32.4 Å². The van der Waals surface area contributed by atoms with Gasteiger partial charge in [-0.25, -0.2) is 0 Å². The van der Waals surface area contributed by atoms with E-state index in [1.807, 2.05) is 4.90 Å². The Balaban J connectivity index is 1.94. The molecule has 1 aliphatic rings. The van der Waals surface area contributed by atoms with Gasteiger partial charge in [0.25, 0.3) is 0 Å². The van der Waals surface area contributed by atoms with E-state index in [9.17, 15) is 9.90 Å². The van der Waals surface area contributed by atoms with Crippen LogP contribution < -0.4 is 0 Å². The Labute approximate surface area is 121 Å². The van der Waals surface area contributed by atoms with Gasteiger partial charge in [0.15, 0.2) is 0 Å². The van der Waals surface area contributed by atoms with Crippen molar-refractivity contribution < 1.29 is 9.90 Å². The first-order valence-corrected chi connectivity index (χ1v) is 7.41. The van der Waals surface area contributed by atoms with Crippen molar-refractivity contribution in [3.8, 4) is 0 Å². The minimum atomic E-state index is -0.231. The molecule has 0 spiro atoms. The Kier molecular flexibility index (Phi) is 4.48. The van der Waals surface area contributed by atoms with Crippen molar-refractivity contribution in [2.75, 3.05) is 13.1 Å². The highest BCUT2D eigenvalue weighted by Crippen LogP contribution is 2.22. The van der Waals surface area contributed by atoms with Crippen LogP contribution in [0.15, 0.2) is 24.3 Å². The van der Waals surface area contributed by atoms with Gasteiger partial charge in [0.05, 0.1) is 12.5 Å². The summed E-state index contributed by atoms with van der Waals surface area (Å²) in [7, 11) is 0. The maximum atomic E-state index is 12.2.